The minimum Gasteiger partial charge on any atom is -0.481 e. The summed E-state index contributed by atoms with van der Waals surface area (Å²) in [6.07, 6.45) is -0.0142. The van der Waals surface area contributed by atoms with Gasteiger partial charge in [0.15, 0.2) is 5.92 Å². The Morgan fingerprint density at radius 3 is 1.80 bits per heavy atom. The quantitative estimate of drug-likeness (QED) is 0.819. The monoisotopic (exact) mass is 270 g/mol. The van der Waals surface area contributed by atoms with Crippen LogP contribution in [0.4, 0.5) is 0 Å². The van der Waals surface area contributed by atoms with Crippen LogP contribution in [0.5, 0.6) is 0 Å². The van der Waals surface area contributed by atoms with Crippen LogP contribution in [0.1, 0.15) is 5.56 Å². The van der Waals surface area contributed by atoms with Gasteiger partial charge in [-0.25, -0.2) is 0 Å². The number of carbonyl (C=O) groups is 2. The molecule has 0 atom stereocenters. The summed E-state index contributed by atoms with van der Waals surface area (Å²) in [5, 5.41) is 17.7. The summed E-state index contributed by atoms with van der Waals surface area (Å²) in [5.41, 5.74) is 2.77. The van der Waals surface area contributed by atoms with Crippen molar-refractivity contribution in [3.8, 4) is 11.1 Å². The molecule has 2 N–H and O–H groups in total. The van der Waals surface area contributed by atoms with Crippen LogP contribution < -0.4 is 0 Å². The van der Waals surface area contributed by atoms with Crippen LogP contribution in [0.3, 0.4) is 0 Å². The standard InChI is InChI=1S/C16H14O4/c17-15(18)14(16(19)20)10-11-6-8-13(9-7-11)12-4-2-1-3-5-12/h1-9,14H,10H2,(H,17,18)(H,19,20). The van der Waals surface area contributed by atoms with Crippen molar-refractivity contribution in [2.75, 3.05) is 0 Å². The molecule has 4 nitrogen and oxygen atoms in total. The van der Waals surface area contributed by atoms with Crippen molar-refractivity contribution in [3.05, 3.63) is 60.2 Å². The largest absolute Gasteiger partial charge is 0.481 e. The van der Waals surface area contributed by atoms with Crippen LogP contribution in [0.25, 0.3) is 11.1 Å². The second kappa shape index (κ2) is 6.02. The van der Waals surface area contributed by atoms with Gasteiger partial charge in [-0.15, -0.1) is 0 Å². The molecule has 2 rings (SSSR count). The second-order valence-electron chi connectivity index (χ2n) is 4.50. The Labute approximate surface area is 116 Å². The van der Waals surface area contributed by atoms with Gasteiger partial charge in [-0.05, 0) is 23.1 Å². The normalized spacial score (nSPS) is 10.4. The van der Waals surface area contributed by atoms with E-state index in [1.807, 2.05) is 42.5 Å². The SMILES string of the molecule is O=C(O)C(Cc1ccc(-c2ccccc2)cc1)C(=O)O. The fraction of sp³-hybridized carbons (Fsp3) is 0.125. The third kappa shape index (κ3) is 3.23. The minimum absolute atomic E-state index is 0.0142. The summed E-state index contributed by atoms with van der Waals surface area (Å²) in [6.45, 7) is 0. The number of benzene rings is 2. The minimum atomic E-state index is -1.41. The van der Waals surface area contributed by atoms with Crippen molar-refractivity contribution in [2.24, 2.45) is 5.92 Å². The first-order chi connectivity index (χ1) is 9.58. The van der Waals surface area contributed by atoms with Crippen LogP contribution >= 0.6 is 0 Å². The first kappa shape index (κ1) is 13.8. The highest BCUT2D eigenvalue weighted by Crippen LogP contribution is 2.20. The summed E-state index contributed by atoms with van der Waals surface area (Å²) >= 11 is 0. The summed E-state index contributed by atoms with van der Waals surface area (Å²) < 4.78 is 0. The van der Waals surface area contributed by atoms with E-state index in [-0.39, 0.29) is 6.42 Å². The molecule has 0 bridgehead atoms. The number of carboxylic acid groups (broad SMARTS) is 2. The van der Waals surface area contributed by atoms with Gasteiger partial charge in [0.1, 0.15) is 0 Å². The number of hydrogen-bond donors (Lipinski definition) is 2. The van der Waals surface area contributed by atoms with Crippen LogP contribution in [0, 0.1) is 5.92 Å². The van der Waals surface area contributed by atoms with E-state index in [1.165, 1.54) is 0 Å². The number of rotatable bonds is 5. The Balaban J connectivity index is 2.16. The summed E-state index contributed by atoms with van der Waals surface area (Å²) in [4.78, 5) is 21.7. The lowest BCUT2D eigenvalue weighted by molar-refractivity contribution is -0.154. The van der Waals surface area contributed by atoms with Gasteiger partial charge in [0, 0.05) is 0 Å². The summed E-state index contributed by atoms with van der Waals surface area (Å²) in [5.74, 6) is -4.04. The average molecular weight is 270 g/mol. The van der Waals surface area contributed by atoms with E-state index in [4.69, 9.17) is 10.2 Å². The topological polar surface area (TPSA) is 74.6 Å². The van der Waals surface area contributed by atoms with Crippen molar-refractivity contribution < 1.29 is 19.8 Å². The van der Waals surface area contributed by atoms with E-state index in [9.17, 15) is 9.59 Å². The van der Waals surface area contributed by atoms with Gasteiger partial charge >= 0.3 is 11.9 Å². The molecule has 0 aliphatic rings. The lowest BCUT2D eigenvalue weighted by Crippen LogP contribution is -2.25. The third-order valence-corrected chi connectivity index (χ3v) is 3.10. The molecule has 0 unspecified atom stereocenters. The van der Waals surface area contributed by atoms with Gasteiger partial charge in [-0.2, -0.15) is 0 Å². The molecule has 2 aromatic carbocycles. The van der Waals surface area contributed by atoms with Gasteiger partial charge in [0.05, 0.1) is 0 Å². The predicted molar refractivity (Wildman–Crippen MR) is 74.3 cm³/mol. The summed E-state index contributed by atoms with van der Waals surface area (Å²) in [6, 6.07) is 17.0. The lowest BCUT2D eigenvalue weighted by atomic mass is 9.97. The van der Waals surface area contributed by atoms with E-state index in [1.54, 1.807) is 12.1 Å². The van der Waals surface area contributed by atoms with E-state index in [0.717, 1.165) is 11.1 Å². The fourth-order valence-corrected chi connectivity index (χ4v) is 1.98. The molecule has 0 saturated heterocycles. The van der Waals surface area contributed by atoms with E-state index >= 15 is 0 Å². The molecule has 102 valence electrons. The fourth-order valence-electron chi connectivity index (χ4n) is 1.98. The van der Waals surface area contributed by atoms with Crippen LogP contribution in [-0.2, 0) is 16.0 Å². The Hall–Kier alpha value is -2.62. The van der Waals surface area contributed by atoms with E-state index < -0.39 is 17.9 Å². The molecular weight excluding hydrogens is 256 g/mol. The highest BCUT2D eigenvalue weighted by Gasteiger charge is 2.25. The molecule has 0 radical (unpaired) electrons. The molecule has 2 aromatic rings. The predicted octanol–water partition coefficient (Wildman–Crippen LogP) is 2.68. The highest BCUT2D eigenvalue weighted by atomic mass is 16.4. The maximum absolute atomic E-state index is 10.9. The molecule has 0 aliphatic carbocycles. The first-order valence-corrected chi connectivity index (χ1v) is 6.18. The van der Waals surface area contributed by atoms with Gasteiger partial charge in [0.25, 0.3) is 0 Å². The number of hydrogen-bond acceptors (Lipinski definition) is 2. The van der Waals surface area contributed by atoms with Crippen LogP contribution in [-0.4, -0.2) is 22.2 Å². The van der Waals surface area contributed by atoms with Crippen molar-refractivity contribution in [1.82, 2.24) is 0 Å². The molecule has 4 heteroatoms. The highest BCUT2D eigenvalue weighted by molar-refractivity contribution is 5.93. The van der Waals surface area contributed by atoms with Gasteiger partial charge in [-0.3, -0.25) is 9.59 Å². The molecule has 0 spiro atoms. The molecule has 0 fully saturated rings. The lowest BCUT2D eigenvalue weighted by Gasteiger charge is -2.08. The second-order valence-corrected chi connectivity index (χ2v) is 4.50. The van der Waals surface area contributed by atoms with Crippen LogP contribution in [0.15, 0.2) is 54.6 Å². The van der Waals surface area contributed by atoms with Crippen molar-refractivity contribution in [3.63, 3.8) is 0 Å². The molecule has 0 aromatic heterocycles. The Bertz CT molecular complexity index is 588. The maximum atomic E-state index is 10.9. The van der Waals surface area contributed by atoms with Crippen molar-refractivity contribution >= 4 is 11.9 Å². The molecule has 0 heterocycles. The van der Waals surface area contributed by atoms with Gasteiger partial charge in [-0.1, -0.05) is 54.6 Å². The summed E-state index contributed by atoms with van der Waals surface area (Å²) in [7, 11) is 0. The molecule has 0 aliphatic heterocycles. The Kier molecular flexibility index (Phi) is 4.15. The Morgan fingerprint density at radius 1 is 0.800 bits per heavy atom. The van der Waals surface area contributed by atoms with Gasteiger partial charge < -0.3 is 10.2 Å². The van der Waals surface area contributed by atoms with E-state index in [2.05, 4.69) is 0 Å². The van der Waals surface area contributed by atoms with Gasteiger partial charge in [0.2, 0.25) is 0 Å². The zero-order chi connectivity index (χ0) is 14.5. The maximum Gasteiger partial charge on any atom is 0.318 e. The molecule has 0 saturated carbocycles. The smallest absolute Gasteiger partial charge is 0.318 e. The molecule has 0 amide bonds. The van der Waals surface area contributed by atoms with Crippen LogP contribution in [0.2, 0.25) is 0 Å². The zero-order valence-corrected chi connectivity index (χ0v) is 10.7. The number of carboxylic acids is 2. The number of aliphatic carboxylic acids is 2. The molecule has 20 heavy (non-hydrogen) atoms. The average Bonchev–Trinajstić information content (AvgIpc) is 2.45. The first-order valence-electron chi connectivity index (χ1n) is 6.18. The zero-order valence-electron chi connectivity index (χ0n) is 10.7. The van der Waals surface area contributed by atoms with Crippen molar-refractivity contribution in [1.29, 1.82) is 0 Å². The van der Waals surface area contributed by atoms with Crippen molar-refractivity contribution in [2.45, 2.75) is 6.42 Å². The third-order valence-electron chi connectivity index (χ3n) is 3.10. The Morgan fingerprint density at radius 2 is 1.30 bits per heavy atom. The molecular formula is C16H14O4. The van der Waals surface area contributed by atoms with E-state index in [0.29, 0.717) is 5.56 Å².